The molecule has 1 spiro atoms. The van der Waals surface area contributed by atoms with E-state index in [1.807, 2.05) is 36.4 Å². The van der Waals surface area contributed by atoms with E-state index in [1.54, 1.807) is 4.31 Å². The number of benzene rings is 2. The maximum atomic E-state index is 13.0. The zero-order valence-electron chi connectivity index (χ0n) is 18.5. The lowest BCUT2D eigenvalue weighted by atomic mass is 9.67. The average molecular weight is 454 g/mol. The molecular formula is C25H31N3O3S. The van der Waals surface area contributed by atoms with Crippen LogP contribution < -0.4 is 14.5 Å². The van der Waals surface area contributed by atoms with Crippen LogP contribution in [0.3, 0.4) is 0 Å². The molecule has 1 N–H and O–H groups in total. The molecule has 2 aromatic rings. The molecule has 6 nitrogen and oxygen atoms in total. The molecule has 1 aliphatic carbocycles. The lowest BCUT2D eigenvalue weighted by Gasteiger charge is -2.37. The Hall–Kier alpha value is -2.54. The van der Waals surface area contributed by atoms with E-state index >= 15 is 0 Å². The number of anilines is 2. The Labute approximate surface area is 190 Å². The quantitative estimate of drug-likeness (QED) is 0.771. The molecular weight excluding hydrogens is 422 g/mol. The third-order valence-corrected chi connectivity index (χ3v) is 8.69. The Bertz CT molecular complexity index is 1090. The van der Waals surface area contributed by atoms with Crippen molar-refractivity contribution >= 4 is 27.3 Å². The van der Waals surface area contributed by atoms with Crippen LogP contribution in [0, 0.1) is 5.92 Å². The second-order valence-electron chi connectivity index (χ2n) is 9.62. The van der Waals surface area contributed by atoms with Gasteiger partial charge in [-0.2, -0.15) is 0 Å². The highest BCUT2D eigenvalue weighted by Crippen LogP contribution is 2.50. The molecule has 7 heteroatoms. The van der Waals surface area contributed by atoms with Gasteiger partial charge < -0.3 is 10.2 Å². The summed E-state index contributed by atoms with van der Waals surface area (Å²) >= 11 is 0. The van der Waals surface area contributed by atoms with Gasteiger partial charge in [0.2, 0.25) is 15.9 Å². The van der Waals surface area contributed by atoms with Gasteiger partial charge in [-0.25, -0.2) is 8.42 Å². The zero-order valence-corrected chi connectivity index (χ0v) is 19.4. The fourth-order valence-electron chi connectivity index (χ4n) is 5.81. The molecule has 3 aliphatic rings. The monoisotopic (exact) mass is 453 g/mol. The maximum Gasteiger partial charge on any atom is 0.232 e. The molecule has 1 saturated carbocycles. The van der Waals surface area contributed by atoms with Crippen LogP contribution in [0.25, 0.3) is 0 Å². The van der Waals surface area contributed by atoms with Crippen molar-refractivity contribution in [3.8, 4) is 0 Å². The highest BCUT2D eigenvalue weighted by molar-refractivity contribution is 7.92. The largest absolute Gasteiger partial charge is 0.369 e. The van der Waals surface area contributed by atoms with Gasteiger partial charge in [0, 0.05) is 42.7 Å². The van der Waals surface area contributed by atoms with E-state index < -0.39 is 10.0 Å². The number of fused-ring (bicyclic) bond motifs is 2. The number of nitrogens with one attached hydrogen (secondary N) is 1. The number of carbonyl (C=O) groups is 1. The summed E-state index contributed by atoms with van der Waals surface area (Å²) in [6, 6.07) is 18.4. The number of nitrogens with zero attached hydrogens (tertiary/aromatic N) is 2. The first-order valence-corrected chi connectivity index (χ1v) is 13.4. The predicted octanol–water partition coefficient (Wildman–Crippen LogP) is 3.29. The molecule has 1 saturated heterocycles. The molecule has 32 heavy (non-hydrogen) atoms. The van der Waals surface area contributed by atoms with E-state index in [0.717, 1.165) is 56.4 Å². The fraction of sp³-hybridized carbons (Fsp3) is 0.480. The molecule has 2 aliphatic heterocycles. The van der Waals surface area contributed by atoms with E-state index in [4.69, 9.17) is 0 Å². The van der Waals surface area contributed by atoms with Crippen LogP contribution in [0.15, 0.2) is 54.6 Å². The Kier molecular flexibility index (Phi) is 5.40. The first-order valence-electron chi connectivity index (χ1n) is 11.5. The number of amides is 1. The molecule has 5 rings (SSSR count). The van der Waals surface area contributed by atoms with Crippen molar-refractivity contribution in [1.29, 1.82) is 0 Å². The molecule has 0 aromatic heterocycles. The number of carbonyl (C=O) groups excluding carboxylic acids is 1. The van der Waals surface area contributed by atoms with Crippen molar-refractivity contribution < 1.29 is 13.2 Å². The smallest absolute Gasteiger partial charge is 0.232 e. The molecule has 0 unspecified atom stereocenters. The van der Waals surface area contributed by atoms with E-state index in [1.165, 1.54) is 11.9 Å². The maximum absolute atomic E-state index is 13.0. The van der Waals surface area contributed by atoms with Crippen LogP contribution >= 0.6 is 0 Å². The summed E-state index contributed by atoms with van der Waals surface area (Å²) in [5.41, 5.74) is 2.97. The summed E-state index contributed by atoms with van der Waals surface area (Å²) < 4.78 is 26.3. The molecule has 2 fully saturated rings. The minimum absolute atomic E-state index is 0.00541. The Morgan fingerprint density at radius 3 is 2.41 bits per heavy atom. The normalized spacial score (nSPS) is 27.5. The Balaban J connectivity index is 1.21. The van der Waals surface area contributed by atoms with Crippen molar-refractivity contribution in [2.75, 3.05) is 35.1 Å². The highest BCUT2D eigenvalue weighted by atomic mass is 32.2. The summed E-state index contributed by atoms with van der Waals surface area (Å²) in [5, 5.41) is 3.29. The average Bonchev–Trinajstić information content (AvgIpc) is 3.38. The molecule has 0 bridgehead atoms. The summed E-state index contributed by atoms with van der Waals surface area (Å²) in [6.07, 6.45) is 5.53. The van der Waals surface area contributed by atoms with Crippen molar-refractivity contribution in [3.05, 3.63) is 60.2 Å². The number of sulfonamides is 1. The number of hydrogen-bond acceptors (Lipinski definition) is 4. The van der Waals surface area contributed by atoms with Crippen molar-refractivity contribution in [1.82, 2.24) is 5.32 Å². The third kappa shape index (κ3) is 3.87. The second kappa shape index (κ2) is 8.10. The minimum Gasteiger partial charge on any atom is -0.369 e. The van der Waals surface area contributed by atoms with Crippen LogP contribution in [0.2, 0.25) is 0 Å². The molecule has 0 radical (unpaired) electrons. The Morgan fingerprint density at radius 1 is 1.00 bits per heavy atom. The van der Waals surface area contributed by atoms with Gasteiger partial charge in [-0.05, 0) is 55.9 Å². The van der Waals surface area contributed by atoms with Crippen molar-refractivity contribution in [3.63, 3.8) is 0 Å². The molecule has 2 heterocycles. The first-order chi connectivity index (χ1) is 15.4. The van der Waals surface area contributed by atoms with Crippen LogP contribution in [0.5, 0.6) is 0 Å². The van der Waals surface area contributed by atoms with Gasteiger partial charge in [-0.3, -0.25) is 9.10 Å². The van der Waals surface area contributed by atoms with Gasteiger partial charge in [0.1, 0.15) is 0 Å². The summed E-state index contributed by atoms with van der Waals surface area (Å²) in [5.74, 6) is 0.164. The fourth-order valence-corrected chi connectivity index (χ4v) is 6.81. The lowest BCUT2D eigenvalue weighted by Crippen LogP contribution is -2.44. The first kappa shape index (κ1) is 21.3. The van der Waals surface area contributed by atoms with Crippen LogP contribution in [0.1, 0.15) is 37.7 Å². The standard InChI is InChI=1S/C25H31N3O3S/c1-32(30,31)28-18-25(22-9-5-6-10-23(22)28)14-11-19(12-15-25)24(29)26-20-13-16-27(17-20)21-7-3-2-4-8-21/h2-10,19-20H,11-18H2,1H3,(H,26,29)/t19?,20-,25?/m0/s1. The molecule has 1 amide bonds. The SMILES string of the molecule is CS(=O)(=O)N1CC2(CCC(C(=O)N[C@H]3CCN(c4ccccc4)C3)CC2)c2ccccc21. The molecule has 1 atom stereocenters. The number of para-hydroxylation sites is 2. The van der Waals surface area contributed by atoms with Crippen LogP contribution in [0.4, 0.5) is 11.4 Å². The van der Waals surface area contributed by atoms with Gasteiger partial charge in [-0.1, -0.05) is 36.4 Å². The zero-order chi connectivity index (χ0) is 22.3. The van der Waals surface area contributed by atoms with Gasteiger partial charge >= 0.3 is 0 Å². The van der Waals surface area contributed by atoms with Crippen LogP contribution in [-0.4, -0.2) is 46.3 Å². The highest BCUT2D eigenvalue weighted by Gasteiger charge is 2.48. The molecule has 170 valence electrons. The van der Waals surface area contributed by atoms with E-state index in [2.05, 4.69) is 28.4 Å². The summed E-state index contributed by atoms with van der Waals surface area (Å²) in [6.45, 7) is 2.30. The van der Waals surface area contributed by atoms with Gasteiger partial charge in [0.05, 0.1) is 11.9 Å². The number of hydrogen-bond donors (Lipinski definition) is 1. The third-order valence-electron chi connectivity index (χ3n) is 7.56. The summed E-state index contributed by atoms with van der Waals surface area (Å²) in [7, 11) is -3.32. The van der Waals surface area contributed by atoms with Gasteiger partial charge in [-0.15, -0.1) is 0 Å². The molecule has 2 aromatic carbocycles. The summed E-state index contributed by atoms with van der Waals surface area (Å²) in [4.78, 5) is 15.4. The van der Waals surface area contributed by atoms with Crippen molar-refractivity contribution in [2.24, 2.45) is 5.92 Å². The van der Waals surface area contributed by atoms with E-state index in [0.29, 0.717) is 6.54 Å². The topological polar surface area (TPSA) is 69.7 Å². The van der Waals surface area contributed by atoms with Crippen LogP contribution in [-0.2, 0) is 20.2 Å². The number of rotatable bonds is 4. The lowest BCUT2D eigenvalue weighted by molar-refractivity contribution is -0.126. The van der Waals surface area contributed by atoms with E-state index in [-0.39, 0.29) is 23.3 Å². The van der Waals surface area contributed by atoms with Crippen molar-refractivity contribution in [2.45, 2.75) is 43.6 Å². The van der Waals surface area contributed by atoms with Gasteiger partial charge in [0.25, 0.3) is 0 Å². The second-order valence-corrected chi connectivity index (χ2v) is 11.5. The Morgan fingerprint density at radius 2 is 1.69 bits per heavy atom. The minimum atomic E-state index is -3.32. The van der Waals surface area contributed by atoms with E-state index in [9.17, 15) is 13.2 Å². The van der Waals surface area contributed by atoms with Gasteiger partial charge in [0.15, 0.2) is 0 Å². The predicted molar refractivity (Wildman–Crippen MR) is 127 cm³/mol.